The molecule has 0 spiro atoms. The molecule has 0 aliphatic carbocycles. The summed E-state index contributed by atoms with van der Waals surface area (Å²) in [5, 5.41) is -0.496. The Morgan fingerprint density at radius 1 is 1.44 bits per heavy atom. The predicted octanol–water partition coefficient (Wildman–Crippen LogP) is 2.32. The third-order valence-electron chi connectivity index (χ3n) is 2.50. The van der Waals surface area contributed by atoms with Gasteiger partial charge in [0, 0.05) is 12.7 Å². The molecule has 2 aromatic rings. The molecule has 2 aromatic heterocycles. The first kappa shape index (κ1) is 12.7. The third-order valence-corrected chi connectivity index (χ3v) is 2.88. The molecule has 0 fully saturated rings. The number of halogens is 3. The molecule has 0 aliphatic heterocycles. The van der Waals surface area contributed by atoms with Crippen LogP contribution in [0.25, 0.3) is 11.0 Å². The molecule has 0 aromatic carbocycles. The molecule has 18 heavy (non-hydrogen) atoms. The number of H-pyrrole nitrogens is 1. The normalized spacial score (nSPS) is 12.1. The Balaban J connectivity index is 3.12. The average Bonchev–Trinajstić information content (AvgIpc) is 2.23. The minimum Gasteiger partial charge on any atom is -0.306 e. The highest BCUT2D eigenvalue weighted by molar-refractivity contribution is 7.71. The Morgan fingerprint density at radius 2 is 2.06 bits per heavy atom. The highest BCUT2D eigenvalue weighted by Gasteiger charge is 2.34. The van der Waals surface area contributed by atoms with E-state index in [1.165, 1.54) is 18.5 Å². The molecule has 0 amide bonds. The van der Waals surface area contributed by atoms with Gasteiger partial charge in [0.1, 0.15) is 5.65 Å². The predicted molar refractivity (Wildman–Crippen MR) is 61.9 cm³/mol. The van der Waals surface area contributed by atoms with Crippen LogP contribution in [-0.4, -0.2) is 14.5 Å². The fraction of sp³-hybridized carbons (Fsp3) is 0.300. The van der Waals surface area contributed by atoms with Crippen molar-refractivity contribution < 1.29 is 13.2 Å². The summed E-state index contributed by atoms with van der Waals surface area (Å²) in [7, 11) is 1.45. The Morgan fingerprint density at radius 3 is 2.61 bits per heavy atom. The molecule has 8 heteroatoms. The number of hydrogen-bond donors (Lipinski definition) is 1. The number of aromatic amines is 1. The van der Waals surface area contributed by atoms with E-state index in [0.29, 0.717) is 0 Å². The molecular weight excluding hydrogens is 267 g/mol. The van der Waals surface area contributed by atoms with Crippen molar-refractivity contribution in [3.05, 3.63) is 32.4 Å². The largest absolute Gasteiger partial charge is 0.417 e. The second-order valence-corrected chi connectivity index (χ2v) is 4.21. The summed E-state index contributed by atoms with van der Waals surface area (Å²) < 4.78 is 40.0. The van der Waals surface area contributed by atoms with Gasteiger partial charge in [-0.3, -0.25) is 9.78 Å². The van der Waals surface area contributed by atoms with Gasteiger partial charge < -0.3 is 4.57 Å². The van der Waals surface area contributed by atoms with Gasteiger partial charge in [0.15, 0.2) is 4.77 Å². The molecule has 2 rings (SSSR count). The highest BCUT2D eigenvalue weighted by Crippen LogP contribution is 2.33. The molecule has 96 valence electrons. The molecule has 0 bridgehead atoms. The van der Waals surface area contributed by atoms with E-state index in [2.05, 4.69) is 9.97 Å². The van der Waals surface area contributed by atoms with Crippen LogP contribution in [0.2, 0.25) is 0 Å². The van der Waals surface area contributed by atoms with Crippen LogP contribution in [0.1, 0.15) is 11.3 Å². The first-order chi connectivity index (χ1) is 8.21. The average molecular weight is 275 g/mol. The van der Waals surface area contributed by atoms with Gasteiger partial charge in [0.25, 0.3) is 5.56 Å². The Hall–Kier alpha value is -1.70. The lowest BCUT2D eigenvalue weighted by Crippen LogP contribution is -2.19. The van der Waals surface area contributed by atoms with Gasteiger partial charge in [-0.25, -0.2) is 4.98 Å². The lowest BCUT2D eigenvalue weighted by atomic mass is 10.1. The lowest BCUT2D eigenvalue weighted by Gasteiger charge is -2.12. The van der Waals surface area contributed by atoms with E-state index in [9.17, 15) is 18.0 Å². The van der Waals surface area contributed by atoms with Gasteiger partial charge in [0.2, 0.25) is 0 Å². The Bertz CT molecular complexity index is 745. The van der Waals surface area contributed by atoms with E-state index >= 15 is 0 Å². The van der Waals surface area contributed by atoms with E-state index in [1.54, 1.807) is 0 Å². The van der Waals surface area contributed by atoms with Crippen LogP contribution in [-0.2, 0) is 13.2 Å². The minimum absolute atomic E-state index is 0.0266. The van der Waals surface area contributed by atoms with E-state index in [4.69, 9.17) is 12.2 Å². The third kappa shape index (κ3) is 1.92. The molecule has 0 atom stereocenters. The number of hydrogen-bond acceptors (Lipinski definition) is 3. The number of aromatic nitrogens is 3. The van der Waals surface area contributed by atoms with E-state index in [-0.39, 0.29) is 16.1 Å². The fourth-order valence-electron chi connectivity index (χ4n) is 1.69. The van der Waals surface area contributed by atoms with Gasteiger partial charge in [-0.2, -0.15) is 13.2 Å². The number of nitrogens with zero attached hydrogens (tertiary/aromatic N) is 2. The zero-order valence-electron chi connectivity index (χ0n) is 9.42. The molecule has 2 heterocycles. The van der Waals surface area contributed by atoms with Gasteiger partial charge in [-0.05, 0) is 25.2 Å². The minimum atomic E-state index is -4.62. The number of alkyl halides is 3. The highest BCUT2D eigenvalue weighted by atomic mass is 32.1. The molecule has 0 radical (unpaired) electrons. The maximum absolute atomic E-state index is 12.9. The standard InChI is InChI=1S/C10H8F3N3OS/c1-4-3-5(10(11,12)13)6-7(14-4)16(2)9(18)15-8(6)17/h3H,1-2H3,(H,15,17,18). The van der Waals surface area contributed by atoms with E-state index in [1.807, 2.05) is 0 Å². The number of pyridine rings is 1. The number of aryl methyl sites for hydroxylation is 2. The zero-order chi connectivity index (χ0) is 13.7. The van der Waals surface area contributed by atoms with E-state index < -0.39 is 22.7 Å². The van der Waals surface area contributed by atoms with Crippen LogP contribution in [0.15, 0.2) is 10.9 Å². The summed E-state index contributed by atoms with van der Waals surface area (Å²) >= 11 is 4.83. The van der Waals surface area contributed by atoms with Gasteiger partial charge >= 0.3 is 6.18 Å². The van der Waals surface area contributed by atoms with Gasteiger partial charge in [-0.15, -0.1) is 0 Å². The van der Waals surface area contributed by atoms with Crippen LogP contribution >= 0.6 is 12.2 Å². The molecule has 0 saturated heterocycles. The SMILES string of the molecule is Cc1cc(C(F)(F)F)c2c(=O)[nH]c(=S)n(C)c2n1. The number of fused-ring (bicyclic) bond motifs is 1. The second-order valence-electron chi connectivity index (χ2n) is 3.83. The molecular formula is C10H8F3N3OS. The summed E-state index contributed by atoms with van der Waals surface area (Å²) in [6, 6.07) is 0.848. The lowest BCUT2D eigenvalue weighted by molar-refractivity contribution is -0.136. The molecule has 4 nitrogen and oxygen atoms in total. The molecule has 0 saturated carbocycles. The zero-order valence-corrected chi connectivity index (χ0v) is 10.2. The van der Waals surface area contributed by atoms with Crippen LogP contribution in [0.4, 0.5) is 13.2 Å². The quantitative estimate of drug-likeness (QED) is 0.751. The van der Waals surface area contributed by atoms with Crippen molar-refractivity contribution in [3.63, 3.8) is 0 Å². The molecule has 0 aliphatic rings. The topological polar surface area (TPSA) is 50.7 Å². The van der Waals surface area contributed by atoms with Crippen molar-refractivity contribution in [1.29, 1.82) is 0 Å². The van der Waals surface area contributed by atoms with Crippen molar-refractivity contribution in [2.45, 2.75) is 13.1 Å². The van der Waals surface area contributed by atoms with Gasteiger partial charge in [0.05, 0.1) is 10.9 Å². The molecule has 0 unspecified atom stereocenters. The van der Waals surface area contributed by atoms with Crippen molar-refractivity contribution in [2.75, 3.05) is 0 Å². The number of rotatable bonds is 0. The molecule has 1 N–H and O–H groups in total. The van der Waals surface area contributed by atoms with Crippen molar-refractivity contribution in [2.24, 2.45) is 7.05 Å². The van der Waals surface area contributed by atoms with Crippen LogP contribution in [0.3, 0.4) is 0 Å². The Labute approximate surface area is 104 Å². The first-order valence-electron chi connectivity index (χ1n) is 4.89. The maximum Gasteiger partial charge on any atom is 0.417 e. The summed E-state index contributed by atoms with van der Waals surface area (Å²) in [4.78, 5) is 17.8. The summed E-state index contributed by atoms with van der Waals surface area (Å²) in [5.41, 5.74) is -1.79. The summed E-state index contributed by atoms with van der Waals surface area (Å²) in [6.45, 7) is 1.43. The van der Waals surface area contributed by atoms with Crippen LogP contribution in [0, 0.1) is 11.7 Å². The Kier molecular flexibility index (Phi) is 2.77. The summed E-state index contributed by atoms with van der Waals surface area (Å²) in [6.07, 6.45) is -4.62. The van der Waals surface area contributed by atoms with Crippen molar-refractivity contribution in [3.8, 4) is 0 Å². The van der Waals surface area contributed by atoms with Crippen molar-refractivity contribution >= 4 is 23.3 Å². The monoisotopic (exact) mass is 275 g/mol. The first-order valence-corrected chi connectivity index (χ1v) is 5.30. The second kappa shape index (κ2) is 3.91. The van der Waals surface area contributed by atoms with Crippen LogP contribution < -0.4 is 5.56 Å². The number of nitrogens with one attached hydrogen (secondary N) is 1. The fourth-order valence-corrected chi connectivity index (χ4v) is 1.87. The van der Waals surface area contributed by atoms with E-state index in [0.717, 1.165) is 6.07 Å². The maximum atomic E-state index is 12.9. The van der Waals surface area contributed by atoms with Gasteiger partial charge in [-0.1, -0.05) is 0 Å². The summed E-state index contributed by atoms with van der Waals surface area (Å²) in [5.74, 6) is 0. The van der Waals surface area contributed by atoms with Crippen LogP contribution in [0.5, 0.6) is 0 Å². The smallest absolute Gasteiger partial charge is 0.306 e. The van der Waals surface area contributed by atoms with Crippen molar-refractivity contribution in [1.82, 2.24) is 14.5 Å².